The number of hydrogen-bond acceptors (Lipinski definition) is 6. The van der Waals surface area contributed by atoms with Crippen molar-refractivity contribution >= 4 is 17.8 Å². The summed E-state index contributed by atoms with van der Waals surface area (Å²) >= 11 is 0. The Hall–Kier alpha value is -2.39. The molecule has 0 saturated carbocycles. The number of aryl methyl sites for hydroxylation is 2. The summed E-state index contributed by atoms with van der Waals surface area (Å²) in [5.74, 6) is 0.643. The Labute approximate surface area is 242 Å². The van der Waals surface area contributed by atoms with E-state index in [1.807, 2.05) is 20.8 Å². The molecule has 1 atom stereocenters. The van der Waals surface area contributed by atoms with Gasteiger partial charge >= 0.3 is 12.0 Å². The number of rotatable bonds is 17. The van der Waals surface area contributed by atoms with Crippen molar-refractivity contribution in [1.82, 2.24) is 20.1 Å². The Morgan fingerprint density at radius 2 is 1.77 bits per heavy atom. The van der Waals surface area contributed by atoms with Crippen LogP contribution in [-0.4, -0.2) is 89.4 Å². The molecule has 1 aliphatic rings. The van der Waals surface area contributed by atoms with Gasteiger partial charge in [0.15, 0.2) is 0 Å². The number of carboxylic acids is 1. The van der Waals surface area contributed by atoms with Crippen molar-refractivity contribution in [2.75, 3.05) is 51.2 Å². The van der Waals surface area contributed by atoms with Gasteiger partial charge in [-0.05, 0) is 89.3 Å². The molecule has 228 valence electrons. The molecule has 9 nitrogen and oxygen atoms in total. The van der Waals surface area contributed by atoms with Crippen molar-refractivity contribution in [2.45, 2.75) is 98.6 Å². The summed E-state index contributed by atoms with van der Waals surface area (Å²) in [4.78, 5) is 33.9. The number of nitrogens with zero attached hydrogens (tertiary/aromatic N) is 3. The van der Waals surface area contributed by atoms with Crippen molar-refractivity contribution in [3.05, 3.63) is 23.4 Å². The summed E-state index contributed by atoms with van der Waals surface area (Å²) in [5, 5.41) is 16.1. The number of aromatic nitrogens is 1. The number of anilines is 1. The van der Waals surface area contributed by atoms with Gasteiger partial charge in [0.05, 0.1) is 12.2 Å². The Bertz CT molecular complexity index is 905. The van der Waals surface area contributed by atoms with Crippen LogP contribution in [0.1, 0.15) is 85.4 Å². The van der Waals surface area contributed by atoms with Gasteiger partial charge in [-0.1, -0.05) is 33.8 Å². The Morgan fingerprint density at radius 3 is 2.40 bits per heavy atom. The third-order valence-corrected chi connectivity index (χ3v) is 6.84. The predicted octanol–water partition coefficient (Wildman–Crippen LogP) is 5.05. The highest BCUT2D eigenvalue weighted by molar-refractivity contribution is 5.82. The largest absolute Gasteiger partial charge is 0.480 e. The van der Waals surface area contributed by atoms with E-state index >= 15 is 0 Å². The lowest BCUT2D eigenvalue weighted by atomic mass is 10.1. The number of pyridine rings is 1. The quantitative estimate of drug-likeness (QED) is 0.229. The molecule has 2 rings (SSSR count). The minimum Gasteiger partial charge on any atom is -0.480 e. The Kier molecular flexibility index (Phi) is 14.2. The summed E-state index contributed by atoms with van der Waals surface area (Å²) in [6.45, 7) is 19.2. The van der Waals surface area contributed by atoms with Gasteiger partial charge in [-0.25, -0.2) is 14.6 Å². The smallest absolute Gasteiger partial charge is 0.326 e. The zero-order chi connectivity index (χ0) is 29.7. The van der Waals surface area contributed by atoms with E-state index in [2.05, 4.69) is 55.4 Å². The fourth-order valence-electron chi connectivity index (χ4n) is 4.90. The number of urea groups is 1. The first-order valence-corrected chi connectivity index (χ1v) is 15.2. The average molecular weight is 562 g/mol. The first-order chi connectivity index (χ1) is 18.8. The molecule has 2 amide bonds. The molecular weight excluding hydrogens is 506 g/mol. The van der Waals surface area contributed by atoms with Crippen LogP contribution in [0.4, 0.5) is 10.6 Å². The van der Waals surface area contributed by atoms with Crippen molar-refractivity contribution in [2.24, 2.45) is 11.8 Å². The second-order valence-corrected chi connectivity index (χ2v) is 12.9. The van der Waals surface area contributed by atoms with Crippen molar-refractivity contribution in [1.29, 1.82) is 0 Å². The molecular formula is C31H55N5O4. The van der Waals surface area contributed by atoms with Gasteiger partial charge in [-0.15, -0.1) is 0 Å². The summed E-state index contributed by atoms with van der Waals surface area (Å²) < 4.78 is 5.96. The van der Waals surface area contributed by atoms with Gasteiger partial charge in [-0.2, -0.15) is 0 Å². The summed E-state index contributed by atoms with van der Waals surface area (Å²) in [5.41, 5.74) is 2.18. The van der Waals surface area contributed by atoms with E-state index in [4.69, 9.17) is 9.72 Å². The number of nitrogens with one attached hydrogen (secondary N) is 2. The summed E-state index contributed by atoms with van der Waals surface area (Å²) in [6, 6.07) is 3.10. The molecule has 2 heterocycles. The Morgan fingerprint density at radius 1 is 1.07 bits per heavy atom. The SMILES string of the molecule is CC(C)CN(CC(C)C)C(=O)N[C@@H](CCN(CCCCc1ccc2c(n1)NCCC2)CCOC(C)(C)C)C(=O)O. The van der Waals surface area contributed by atoms with E-state index in [-0.39, 0.29) is 11.6 Å². The van der Waals surface area contributed by atoms with E-state index < -0.39 is 12.0 Å². The van der Waals surface area contributed by atoms with E-state index in [0.29, 0.717) is 51.0 Å². The molecule has 1 aliphatic heterocycles. The second-order valence-electron chi connectivity index (χ2n) is 12.9. The van der Waals surface area contributed by atoms with Crippen LogP contribution in [0, 0.1) is 11.8 Å². The van der Waals surface area contributed by atoms with E-state index in [1.54, 1.807) is 4.90 Å². The average Bonchev–Trinajstić information content (AvgIpc) is 2.86. The van der Waals surface area contributed by atoms with Crippen molar-refractivity contribution in [3.8, 4) is 0 Å². The van der Waals surface area contributed by atoms with Crippen LogP contribution in [0.5, 0.6) is 0 Å². The number of amides is 2. The highest BCUT2D eigenvalue weighted by Crippen LogP contribution is 2.20. The fraction of sp³-hybridized carbons (Fsp3) is 0.774. The van der Waals surface area contributed by atoms with Gasteiger partial charge < -0.3 is 30.3 Å². The maximum atomic E-state index is 13.0. The lowest BCUT2D eigenvalue weighted by molar-refractivity contribution is -0.139. The topological polar surface area (TPSA) is 107 Å². The number of ether oxygens (including phenoxy) is 1. The molecule has 9 heteroatoms. The monoisotopic (exact) mass is 561 g/mol. The fourth-order valence-corrected chi connectivity index (χ4v) is 4.90. The molecule has 40 heavy (non-hydrogen) atoms. The van der Waals surface area contributed by atoms with Crippen molar-refractivity contribution in [3.63, 3.8) is 0 Å². The van der Waals surface area contributed by atoms with Gasteiger partial charge in [0.2, 0.25) is 0 Å². The first-order valence-electron chi connectivity index (χ1n) is 15.2. The van der Waals surface area contributed by atoms with Gasteiger partial charge in [0.25, 0.3) is 0 Å². The maximum absolute atomic E-state index is 13.0. The number of hydrogen-bond donors (Lipinski definition) is 3. The molecule has 1 aromatic heterocycles. The van der Waals surface area contributed by atoms with Crippen LogP contribution < -0.4 is 10.6 Å². The molecule has 0 radical (unpaired) electrons. The predicted molar refractivity (Wildman–Crippen MR) is 162 cm³/mol. The zero-order valence-corrected chi connectivity index (χ0v) is 26.1. The van der Waals surface area contributed by atoms with E-state index in [9.17, 15) is 14.7 Å². The second kappa shape index (κ2) is 16.8. The van der Waals surface area contributed by atoms with Gasteiger partial charge in [0, 0.05) is 38.4 Å². The molecule has 0 aromatic carbocycles. The molecule has 0 aliphatic carbocycles. The highest BCUT2D eigenvalue weighted by Gasteiger charge is 2.25. The zero-order valence-electron chi connectivity index (χ0n) is 26.1. The van der Waals surface area contributed by atoms with Crippen LogP contribution in [0.25, 0.3) is 0 Å². The minimum absolute atomic E-state index is 0.230. The standard InChI is InChI=1S/C31H55N5O4/c1-23(2)21-36(22-24(3)4)30(39)34-27(29(37)38)15-18-35(19-20-40-31(5,6)7)17-9-8-12-26-14-13-25-11-10-16-32-28(25)33-26/h13-14,23-24,27H,8-12,15-22H2,1-7H3,(H,32,33)(H,34,39)(H,37,38)/t27-/m0/s1. The Balaban J connectivity index is 1.93. The minimum atomic E-state index is -1.000. The molecule has 0 fully saturated rings. The molecule has 1 aromatic rings. The molecule has 0 unspecified atom stereocenters. The number of carbonyl (C=O) groups excluding carboxylic acids is 1. The van der Waals surface area contributed by atoms with Crippen LogP contribution in [0.2, 0.25) is 0 Å². The van der Waals surface area contributed by atoms with E-state index in [0.717, 1.165) is 56.7 Å². The third-order valence-electron chi connectivity index (χ3n) is 6.84. The van der Waals surface area contributed by atoms with Gasteiger partial charge in [0.1, 0.15) is 11.9 Å². The van der Waals surface area contributed by atoms with Crippen LogP contribution in [-0.2, 0) is 22.4 Å². The first kappa shape index (κ1) is 33.8. The molecule has 0 spiro atoms. The molecule has 0 bridgehead atoms. The van der Waals surface area contributed by atoms with E-state index in [1.165, 1.54) is 5.56 Å². The highest BCUT2D eigenvalue weighted by atomic mass is 16.5. The maximum Gasteiger partial charge on any atom is 0.326 e. The molecule has 0 saturated heterocycles. The molecule has 3 N–H and O–H groups in total. The van der Waals surface area contributed by atoms with Gasteiger partial charge in [-0.3, -0.25) is 0 Å². The summed E-state index contributed by atoms with van der Waals surface area (Å²) in [7, 11) is 0. The lowest BCUT2D eigenvalue weighted by Crippen LogP contribution is -2.50. The van der Waals surface area contributed by atoms with Crippen LogP contribution in [0.3, 0.4) is 0 Å². The number of fused-ring (bicyclic) bond motifs is 1. The van der Waals surface area contributed by atoms with Crippen LogP contribution in [0.15, 0.2) is 12.1 Å². The number of carbonyl (C=O) groups is 2. The number of unbranched alkanes of at least 4 members (excludes halogenated alkanes) is 1. The third kappa shape index (κ3) is 13.3. The lowest BCUT2D eigenvalue weighted by Gasteiger charge is -2.29. The summed E-state index contributed by atoms with van der Waals surface area (Å²) in [6.07, 6.45) is 5.47. The number of aliphatic carboxylic acids is 1. The van der Waals surface area contributed by atoms with Crippen molar-refractivity contribution < 1.29 is 19.4 Å². The van der Waals surface area contributed by atoms with Crippen LogP contribution >= 0.6 is 0 Å². The number of carboxylic acid groups (broad SMARTS) is 1. The normalized spacial score (nSPS) is 14.2.